The molecule has 4 N–H and O–H groups in total. The van der Waals surface area contributed by atoms with Gasteiger partial charge in [0.2, 0.25) is 0 Å². The molecule has 2 aromatic rings. The normalized spacial score (nSPS) is 16.5. The Morgan fingerprint density at radius 1 is 1.18 bits per heavy atom. The predicted molar refractivity (Wildman–Crippen MR) is 103 cm³/mol. The molecule has 1 aromatic carbocycles. The third kappa shape index (κ3) is 4.58. The standard InChI is InChI=1S/C18H25N7O3/c1-25(2)9-7-14(8-10-25)23-11-13(21-22-23)12-28-16-5-3-15(4-6-16)24(17(19)26)18(20)27/h3-6,11,14H,7-10,12H2,1-2H3,(H3-,19,20,26,27)/p+1. The van der Waals surface area contributed by atoms with Gasteiger partial charge >= 0.3 is 12.1 Å². The number of carbonyl (C=O) groups is 2. The highest BCUT2D eigenvalue weighted by Crippen LogP contribution is 2.24. The number of urea groups is 2. The fourth-order valence-electron chi connectivity index (χ4n) is 3.29. The smallest absolute Gasteiger partial charge is 0.327 e. The van der Waals surface area contributed by atoms with E-state index >= 15 is 0 Å². The van der Waals surface area contributed by atoms with Gasteiger partial charge in [-0.2, -0.15) is 0 Å². The molecule has 150 valence electrons. The predicted octanol–water partition coefficient (Wildman–Crippen LogP) is 1.23. The van der Waals surface area contributed by atoms with Crippen LogP contribution in [0.1, 0.15) is 24.6 Å². The second-order valence-corrected chi connectivity index (χ2v) is 7.60. The fourth-order valence-corrected chi connectivity index (χ4v) is 3.29. The summed E-state index contributed by atoms with van der Waals surface area (Å²) in [5.74, 6) is 0.559. The molecule has 28 heavy (non-hydrogen) atoms. The van der Waals surface area contributed by atoms with Crippen molar-refractivity contribution < 1.29 is 18.8 Å². The summed E-state index contributed by atoms with van der Waals surface area (Å²) in [5, 5.41) is 8.43. The second kappa shape index (κ2) is 7.85. The number of nitrogens with two attached hydrogens (primary N) is 2. The lowest BCUT2D eigenvalue weighted by Crippen LogP contribution is -2.46. The minimum atomic E-state index is -0.942. The quantitative estimate of drug-likeness (QED) is 0.744. The molecule has 0 aliphatic carbocycles. The van der Waals surface area contributed by atoms with Gasteiger partial charge in [-0.15, -0.1) is 5.10 Å². The summed E-state index contributed by atoms with van der Waals surface area (Å²) >= 11 is 0. The number of nitrogens with zero attached hydrogens (tertiary/aromatic N) is 5. The third-order valence-electron chi connectivity index (χ3n) is 4.99. The van der Waals surface area contributed by atoms with Crippen molar-refractivity contribution in [3.63, 3.8) is 0 Å². The van der Waals surface area contributed by atoms with E-state index in [1.807, 2.05) is 10.9 Å². The lowest BCUT2D eigenvalue weighted by Gasteiger charge is -2.36. The zero-order valence-electron chi connectivity index (χ0n) is 16.1. The van der Waals surface area contributed by atoms with Crippen molar-refractivity contribution in [1.82, 2.24) is 15.0 Å². The van der Waals surface area contributed by atoms with Gasteiger partial charge in [0, 0.05) is 12.8 Å². The average molecular weight is 388 g/mol. The Kier molecular flexibility index (Phi) is 5.50. The van der Waals surface area contributed by atoms with Crippen LogP contribution in [-0.4, -0.2) is 58.7 Å². The van der Waals surface area contributed by atoms with E-state index in [1.165, 1.54) is 12.1 Å². The highest BCUT2D eigenvalue weighted by atomic mass is 16.5. The summed E-state index contributed by atoms with van der Waals surface area (Å²) in [6, 6.07) is 4.80. The van der Waals surface area contributed by atoms with E-state index in [0.717, 1.165) is 36.1 Å². The molecule has 1 aromatic heterocycles. The molecule has 0 spiro atoms. The van der Waals surface area contributed by atoms with E-state index in [2.05, 4.69) is 24.4 Å². The lowest BCUT2D eigenvalue weighted by molar-refractivity contribution is -0.895. The average Bonchev–Trinajstić information content (AvgIpc) is 3.09. The molecule has 0 bridgehead atoms. The molecule has 1 aliphatic heterocycles. The topological polar surface area (TPSA) is 129 Å². The van der Waals surface area contributed by atoms with Crippen molar-refractivity contribution >= 4 is 17.7 Å². The highest BCUT2D eigenvalue weighted by molar-refractivity contribution is 6.12. The van der Waals surface area contributed by atoms with E-state index in [0.29, 0.717) is 16.7 Å². The van der Waals surface area contributed by atoms with Crippen LogP contribution in [0.25, 0.3) is 0 Å². The molecule has 0 radical (unpaired) electrons. The number of aromatic nitrogens is 3. The maximum Gasteiger partial charge on any atom is 0.327 e. The minimum Gasteiger partial charge on any atom is -0.487 e. The summed E-state index contributed by atoms with van der Waals surface area (Å²) < 4.78 is 8.68. The fraction of sp³-hybridized carbons (Fsp3) is 0.444. The van der Waals surface area contributed by atoms with Crippen LogP contribution in [0.3, 0.4) is 0 Å². The Morgan fingerprint density at radius 3 is 2.36 bits per heavy atom. The van der Waals surface area contributed by atoms with Crippen molar-refractivity contribution in [2.45, 2.75) is 25.5 Å². The third-order valence-corrected chi connectivity index (χ3v) is 4.99. The minimum absolute atomic E-state index is 0.267. The Hall–Kier alpha value is -3.14. The molecule has 0 atom stereocenters. The number of carbonyl (C=O) groups excluding carboxylic acids is 2. The van der Waals surface area contributed by atoms with E-state index in [1.54, 1.807) is 12.1 Å². The molecule has 1 aliphatic rings. The van der Waals surface area contributed by atoms with Gasteiger partial charge in [0.05, 0.1) is 45.1 Å². The Bertz CT molecular complexity index is 823. The van der Waals surface area contributed by atoms with Gasteiger partial charge < -0.3 is 20.7 Å². The van der Waals surface area contributed by atoms with Crippen molar-refractivity contribution in [3.8, 4) is 5.75 Å². The number of imide groups is 1. The largest absolute Gasteiger partial charge is 0.487 e. The first kappa shape index (κ1) is 19.6. The Morgan fingerprint density at radius 2 is 1.79 bits per heavy atom. The molecule has 0 saturated carbocycles. The number of likely N-dealkylation sites (tertiary alicyclic amines) is 1. The maximum absolute atomic E-state index is 11.3. The molecule has 2 heterocycles. The van der Waals surface area contributed by atoms with Gasteiger partial charge in [-0.05, 0) is 24.3 Å². The molecule has 10 nitrogen and oxygen atoms in total. The summed E-state index contributed by atoms with van der Waals surface area (Å²) in [6.07, 6.45) is 4.08. The van der Waals surface area contributed by atoms with Gasteiger partial charge in [-0.3, -0.25) is 0 Å². The Balaban J connectivity index is 1.57. The molecular formula is C18H26N7O3+. The van der Waals surface area contributed by atoms with E-state index in [9.17, 15) is 9.59 Å². The van der Waals surface area contributed by atoms with E-state index in [-0.39, 0.29) is 12.3 Å². The van der Waals surface area contributed by atoms with Gasteiger partial charge in [0.1, 0.15) is 18.1 Å². The zero-order valence-corrected chi connectivity index (χ0v) is 16.1. The molecule has 1 fully saturated rings. The van der Waals surface area contributed by atoms with Crippen LogP contribution < -0.4 is 21.1 Å². The number of anilines is 1. The molecule has 4 amide bonds. The second-order valence-electron chi connectivity index (χ2n) is 7.60. The summed E-state index contributed by atoms with van der Waals surface area (Å²) in [7, 11) is 4.49. The van der Waals surface area contributed by atoms with E-state index in [4.69, 9.17) is 16.2 Å². The number of hydrogen-bond donors (Lipinski definition) is 2. The summed E-state index contributed by atoms with van der Waals surface area (Å²) in [6.45, 7) is 2.51. The highest BCUT2D eigenvalue weighted by Gasteiger charge is 2.27. The first-order chi connectivity index (χ1) is 13.2. The van der Waals surface area contributed by atoms with Crippen LogP contribution >= 0.6 is 0 Å². The van der Waals surface area contributed by atoms with Crippen molar-refractivity contribution in [1.29, 1.82) is 0 Å². The first-order valence-corrected chi connectivity index (χ1v) is 9.10. The number of primary amides is 2. The number of benzene rings is 1. The molecule has 0 unspecified atom stereocenters. The number of amides is 4. The van der Waals surface area contributed by atoms with Gasteiger partial charge in [0.15, 0.2) is 0 Å². The zero-order chi connectivity index (χ0) is 20.3. The number of hydrogen-bond acceptors (Lipinski definition) is 5. The number of piperidine rings is 1. The SMILES string of the molecule is C[N+]1(C)CCC(n2cc(COc3ccc(N(C(N)=O)C(N)=O)cc3)nn2)CC1. The molecular weight excluding hydrogens is 362 g/mol. The van der Waals surface area contributed by atoms with Crippen molar-refractivity contribution in [2.75, 3.05) is 32.1 Å². The van der Waals surface area contributed by atoms with Gasteiger partial charge in [-0.1, -0.05) is 5.21 Å². The molecule has 1 saturated heterocycles. The summed E-state index contributed by atoms with van der Waals surface area (Å²) in [4.78, 5) is 23.3. The van der Waals surface area contributed by atoms with Crippen LogP contribution in [-0.2, 0) is 6.61 Å². The van der Waals surface area contributed by atoms with Crippen LogP contribution in [0, 0.1) is 0 Å². The van der Waals surface area contributed by atoms with Crippen LogP contribution in [0.5, 0.6) is 5.75 Å². The Labute approximate surface area is 163 Å². The lowest BCUT2D eigenvalue weighted by atomic mass is 10.0. The summed E-state index contributed by atoms with van der Waals surface area (Å²) in [5.41, 5.74) is 11.3. The maximum atomic E-state index is 11.3. The van der Waals surface area contributed by atoms with Crippen LogP contribution in [0.2, 0.25) is 0 Å². The van der Waals surface area contributed by atoms with E-state index < -0.39 is 12.1 Å². The molecule has 10 heteroatoms. The number of ether oxygens (including phenoxy) is 1. The first-order valence-electron chi connectivity index (χ1n) is 9.10. The monoisotopic (exact) mass is 388 g/mol. The number of rotatable bonds is 5. The van der Waals surface area contributed by atoms with Crippen molar-refractivity contribution in [3.05, 3.63) is 36.2 Å². The van der Waals surface area contributed by atoms with Crippen molar-refractivity contribution in [2.24, 2.45) is 11.5 Å². The van der Waals surface area contributed by atoms with Gasteiger partial charge in [-0.25, -0.2) is 19.2 Å². The van der Waals surface area contributed by atoms with Crippen LogP contribution in [0.4, 0.5) is 15.3 Å². The number of quaternary nitrogens is 1. The van der Waals surface area contributed by atoms with Gasteiger partial charge in [0.25, 0.3) is 0 Å². The van der Waals surface area contributed by atoms with Crippen LogP contribution in [0.15, 0.2) is 30.5 Å². The molecule has 3 rings (SSSR count).